The lowest BCUT2D eigenvalue weighted by molar-refractivity contribution is 0.0747. The number of carbonyl (C=O) groups is 1. The van der Waals surface area contributed by atoms with Crippen molar-refractivity contribution in [3.05, 3.63) is 53.3 Å². The monoisotopic (exact) mass is 373 g/mol. The summed E-state index contributed by atoms with van der Waals surface area (Å²) in [6, 6.07) is 7.57. The first-order valence-corrected chi connectivity index (χ1v) is 10.3. The van der Waals surface area contributed by atoms with E-state index in [1.54, 1.807) is 19.3 Å². The van der Waals surface area contributed by atoms with E-state index in [1.807, 2.05) is 26.0 Å². The first-order valence-electron chi connectivity index (χ1n) is 8.52. The minimum absolute atomic E-state index is 0.0309. The Bertz CT molecular complexity index is 941. The van der Waals surface area contributed by atoms with Gasteiger partial charge < -0.3 is 10.2 Å². The van der Waals surface area contributed by atoms with Gasteiger partial charge in [-0.1, -0.05) is 17.7 Å². The zero-order chi connectivity index (χ0) is 18.9. The molecule has 1 N–H and O–H groups in total. The highest BCUT2D eigenvalue weighted by atomic mass is 32.2. The van der Waals surface area contributed by atoms with Crippen LogP contribution in [0.1, 0.15) is 27.9 Å². The molecule has 26 heavy (non-hydrogen) atoms. The van der Waals surface area contributed by atoms with Gasteiger partial charge in [0.25, 0.3) is 5.91 Å². The lowest BCUT2D eigenvalue weighted by Gasteiger charge is -2.23. The summed E-state index contributed by atoms with van der Waals surface area (Å²) in [4.78, 5) is 18.4. The van der Waals surface area contributed by atoms with Gasteiger partial charge in [-0.3, -0.25) is 9.78 Å². The molecule has 1 aromatic heterocycles. The van der Waals surface area contributed by atoms with Crippen LogP contribution in [0.3, 0.4) is 0 Å². The number of aryl methyl sites for hydroxylation is 2. The molecule has 0 radical (unpaired) electrons. The molecular weight excluding hydrogens is 350 g/mol. The molecule has 1 saturated heterocycles. The molecule has 7 heteroatoms. The van der Waals surface area contributed by atoms with E-state index in [9.17, 15) is 13.2 Å². The molecule has 3 rings (SSSR count). The minimum Gasteiger partial charge on any atom is -0.354 e. The van der Waals surface area contributed by atoms with E-state index in [2.05, 4.69) is 16.4 Å². The summed E-state index contributed by atoms with van der Waals surface area (Å²) < 4.78 is 23.3. The van der Waals surface area contributed by atoms with Gasteiger partial charge in [0.05, 0.1) is 29.0 Å². The summed E-state index contributed by atoms with van der Waals surface area (Å²) >= 11 is 0. The molecule has 0 saturated carbocycles. The van der Waals surface area contributed by atoms with Crippen molar-refractivity contribution in [2.75, 3.05) is 23.9 Å². The largest absolute Gasteiger partial charge is 0.354 e. The van der Waals surface area contributed by atoms with Crippen LogP contribution in [0.25, 0.3) is 0 Å². The molecule has 0 bridgehead atoms. The zero-order valence-electron chi connectivity index (χ0n) is 15.2. The standard InChI is InChI=1S/C19H23N3O3S/c1-13-4-5-18(14(2)8-13)21-16-9-15(10-20-11-16)19(23)22(3)17-6-7-26(24,25)12-17/h4-5,8-11,17,21H,6-7,12H2,1-3H3. The van der Waals surface area contributed by atoms with Crippen molar-refractivity contribution < 1.29 is 13.2 Å². The highest BCUT2D eigenvalue weighted by molar-refractivity contribution is 7.91. The number of sulfone groups is 1. The number of nitrogens with one attached hydrogen (secondary N) is 1. The zero-order valence-corrected chi connectivity index (χ0v) is 16.0. The van der Waals surface area contributed by atoms with E-state index < -0.39 is 9.84 Å². The van der Waals surface area contributed by atoms with Gasteiger partial charge in [0.15, 0.2) is 9.84 Å². The normalized spacial score (nSPS) is 18.5. The van der Waals surface area contributed by atoms with Crippen molar-refractivity contribution in [1.82, 2.24) is 9.88 Å². The molecule has 1 aliphatic rings. The Kier molecular flexibility index (Phi) is 5.00. The average molecular weight is 373 g/mol. The molecular formula is C19H23N3O3S. The third kappa shape index (κ3) is 4.04. The summed E-state index contributed by atoms with van der Waals surface area (Å²) in [6.45, 7) is 4.06. The number of aromatic nitrogens is 1. The van der Waals surface area contributed by atoms with Gasteiger partial charge in [0.2, 0.25) is 0 Å². The number of hydrogen-bond acceptors (Lipinski definition) is 5. The maximum atomic E-state index is 12.7. The molecule has 1 unspecified atom stereocenters. The van der Waals surface area contributed by atoms with Crippen LogP contribution >= 0.6 is 0 Å². The molecule has 1 fully saturated rings. The lowest BCUT2D eigenvalue weighted by Crippen LogP contribution is -2.37. The summed E-state index contributed by atoms with van der Waals surface area (Å²) in [7, 11) is -1.38. The van der Waals surface area contributed by atoms with Crippen LogP contribution in [0, 0.1) is 13.8 Å². The van der Waals surface area contributed by atoms with Gasteiger partial charge in [-0.25, -0.2) is 8.42 Å². The third-order valence-corrected chi connectivity index (χ3v) is 6.47. The predicted octanol–water partition coefficient (Wildman–Crippen LogP) is 2.70. The van der Waals surface area contributed by atoms with E-state index in [1.165, 1.54) is 16.7 Å². The highest BCUT2D eigenvalue weighted by Gasteiger charge is 2.33. The van der Waals surface area contributed by atoms with Gasteiger partial charge >= 0.3 is 0 Å². The van der Waals surface area contributed by atoms with Crippen molar-refractivity contribution in [3.8, 4) is 0 Å². The fourth-order valence-electron chi connectivity index (χ4n) is 3.18. The molecule has 2 heterocycles. The molecule has 1 aliphatic heterocycles. The van der Waals surface area contributed by atoms with Gasteiger partial charge in [0.1, 0.15) is 0 Å². The van der Waals surface area contributed by atoms with Gasteiger partial charge in [-0.05, 0) is 38.0 Å². The molecule has 0 spiro atoms. The fraction of sp³-hybridized carbons (Fsp3) is 0.368. The lowest BCUT2D eigenvalue weighted by atomic mass is 10.1. The molecule has 0 aliphatic carbocycles. The number of hydrogen-bond donors (Lipinski definition) is 1. The van der Waals surface area contributed by atoms with E-state index in [4.69, 9.17) is 0 Å². The number of benzene rings is 1. The van der Waals surface area contributed by atoms with Crippen molar-refractivity contribution in [3.63, 3.8) is 0 Å². The van der Waals surface area contributed by atoms with Crippen molar-refractivity contribution in [2.24, 2.45) is 0 Å². The second-order valence-electron chi connectivity index (χ2n) is 6.88. The molecule has 6 nitrogen and oxygen atoms in total. The number of pyridine rings is 1. The maximum Gasteiger partial charge on any atom is 0.255 e. The Balaban J connectivity index is 1.77. The Morgan fingerprint density at radius 3 is 2.65 bits per heavy atom. The minimum atomic E-state index is -3.04. The number of anilines is 2. The van der Waals surface area contributed by atoms with Crippen molar-refractivity contribution >= 4 is 27.1 Å². The Labute approximate surface area is 154 Å². The summed E-state index contributed by atoms with van der Waals surface area (Å²) in [5.74, 6) is -0.0470. The molecule has 1 aromatic carbocycles. The number of carbonyl (C=O) groups excluding carboxylic acids is 1. The fourth-order valence-corrected chi connectivity index (χ4v) is 4.96. The highest BCUT2D eigenvalue weighted by Crippen LogP contribution is 2.23. The number of rotatable bonds is 4. The first kappa shape index (κ1) is 18.4. The van der Waals surface area contributed by atoms with Crippen LogP contribution in [0.15, 0.2) is 36.7 Å². The SMILES string of the molecule is Cc1ccc(Nc2cncc(C(=O)N(C)C3CCS(=O)(=O)C3)c2)c(C)c1. The number of nitrogens with zero attached hydrogens (tertiary/aromatic N) is 2. The van der Waals surface area contributed by atoms with Crippen LogP contribution in [-0.2, 0) is 9.84 Å². The van der Waals surface area contributed by atoms with E-state index >= 15 is 0 Å². The summed E-state index contributed by atoms with van der Waals surface area (Å²) in [5, 5.41) is 3.29. The molecule has 1 atom stereocenters. The molecule has 1 amide bonds. The Morgan fingerprint density at radius 1 is 1.23 bits per heavy atom. The van der Waals surface area contributed by atoms with Crippen LogP contribution < -0.4 is 5.32 Å². The quantitative estimate of drug-likeness (QED) is 0.891. The number of amides is 1. The van der Waals surface area contributed by atoms with Crippen LogP contribution in [-0.4, -0.2) is 48.8 Å². The maximum absolute atomic E-state index is 12.7. The topological polar surface area (TPSA) is 79.4 Å². The average Bonchev–Trinajstić information content (AvgIpc) is 2.96. The Morgan fingerprint density at radius 2 is 2.00 bits per heavy atom. The van der Waals surface area contributed by atoms with Crippen LogP contribution in [0.4, 0.5) is 11.4 Å². The summed E-state index contributed by atoms with van der Waals surface area (Å²) in [5.41, 5.74) is 4.40. The Hall–Kier alpha value is -2.41. The van der Waals surface area contributed by atoms with Crippen LogP contribution in [0.2, 0.25) is 0 Å². The first-order chi connectivity index (χ1) is 12.2. The van der Waals surface area contributed by atoms with Gasteiger partial charge in [-0.15, -0.1) is 0 Å². The summed E-state index contributed by atoms with van der Waals surface area (Å²) in [6.07, 6.45) is 3.66. The smallest absolute Gasteiger partial charge is 0.255 e. The van der Waals surface area contributed by atoms with Crippen molar-refractivity contribution in [1.29, 1.82) is 0 Å². The van der Waals surface area contributed by atoms with E-state index in [0.29, 0.717) is 12.0 Å². The third-order valence-electron chi connectivity index (χ3n) is 4.72. The van der Waals surface area contributed by atoms with Crippen LogP contribution in [0.5, 0.6) is 0 Å². The predicted molar refractivity (Wildman–Crippen MR) is 103 cm³/mol. The second-order valence-corrected chi connectivity index (χ2v) is 9.11. The molecule has 2 aromatic rings. The van der Waals surface area contributed by atoms with Crippen molar-refractivity contribution in [2.45, 2.75) is 26.3 Å². The van der Waals surface area contributed by atoms with Gasteiger partial charge in [0, 0.05) is 25.0 Å². The van der Waals surface area contributed by atoms with E-state index in [-0.39, 0.29) is 23.5 Å². The van der Waals surface area contributed by atoms with E-state index in [0.717, 1.165) is 16.9 Å². The molecule has 138 valence electrons. The van der Waals surface area contributed by atoms with Gasteiger partial charge in [-0.2, -0.15) is 0 Å². The second kappa shape index (κ2) is 7.07.